The molecule has 0 saturated heterocycles. The van der Waals surface area contributed by atoms with Crippen LogP contribution in [0.25, 0.3) is 0 Å². The van der Waals surface area contributed by atoms with E-state index in [2.05, 4.69) is 20.6 Å². The molecule has 2 N–H and O–H groups in total. The molecule has 0 aliphatic carbocycles. The molecule has 0 bridgehead atoms. The Balaban J connectivity index is 2.38. The first-order valence-corrected chi connectivity index (χ1v) is 5.60. The Morgan fingerprint density at radius 1 is 1.35 bits per heavy atom. The molecule has 8 heteroatoms. The summed E-state index contributed by atoms with van der Waals surface area (Å²) in [4.78, 5) is 18.4. The largest absolute Gasteiger partial charge is 0.373 e. The monoisotopic (exact) mass is 270 g/mol. The SMILES string of the molecule is CNc1ccc(Nc2nccc(C#N)c2[N+](=O)[O-])cn1. The molecule has 8 nitrogen and oxygen atoms in total. The van der Waals surface area contributed by atoms with Crippen LogP contribution in [-0.2, 0) is 0 Å². The van der Waals surface area contributed by atoms with Crippen LogP contribution >= 0.6 is 0 Å². The number of aromatic nitrogens is 2. The van der Waals surface area contributed by atoms with Crippen LogP contribution in [0.15, 0.2) is 30.6 Å². The van der Waals surface area contributed by atoms with Crippen LogP contribution in [0.2, 0.25) is 0 Å². The normalized spacial score (nSPS) is 9.60. The van der Waals surface area contributed by atoms with Gasteiger partial charge in [-0.3, -0.25) is 10.1 Å². The van der Waals surface area contributed by atoms with Crippen molar-refractivity contribution in [3.63, 3.8) is 0 Å². The predicted molar refractivity (Wildman–Crippen MR) is 72.7 cm³/mol. The highest BCUT2D eigenvalue weighted by Crippen LogP contribution is 2.28. The van der Waals surface area contributed by atoms with E-state index in [0.29, 0.717) is 11.5 Å². The van der Waals surface area contributed by atoms with Gasteiger partial charge in [0.05, 0.1) is 16.8 Å². The maximum atomic E-state index is 11.0. The lowest BCUT2D eigenvalue weighted by Gasteiger charge is -2.07. The van der Waals surface area contributed by atoms with Crippen LogP contribution in [0.3, 0.4) is 0 Å². The number of anilines is 3. The summed E-state index contributed by atoms with van der Waals surface area (Å²) in [5, 5.41) is 25.6. The van der Waals surface area contributed by atoms with E-state index in [9.17, 15) is 10.1 Å². The molecule has 0 saturated carbocycles. The molecule has 0 atom stereocenters. The highest BCUT2D eigenvalue weighted by Gasteiger charge is 2.21. The lowest BCUT2D eigenvalue weighted by Crippen LogP contribution is -2.02. The molecule has 0 amide bonds. The summed E-state index contributed by atoms with van der Waals surface area (Å²) >= 11 is 0. The van der Waals surface area contributed by atoms with E-state index in [0.717, 1.165) is 0 Å². The number of nitriles is 1. The number of hydrogen-bond donors (Lipinski definition) is 2. The Kier molecular flexibility index (Phi) is 3.72. The number of nitrogens with one attached hydrogen (secondary N) is 2. The Labute approximate surface area is 114 Å². The zero-order chi connectivity index (χ0) is 14.5. The highest BCUT2D eigenvalue weighted by atomic mass is 16.6. The molecule has 0 fully saturated rings. The van der Waals surface area contributed by atoms with E-state index in [4.69, 9.17) is 5.26 Å². The first kappa shape index (κ1) is 13.2. The number of pyridine rings is 2. The second-order valence-corrected chi connectivity index (χ2v) is 3.73. The Morgan fingerprint density at radius 3 is 2.70 bits per heavy atom. The molecule has 2 aromatic rings. The third-order valence-corrected chi connectivity index (χ3v) is 2.51. The van der Waals surface area contributed by atoms with E-state index in [-0.39, 0.29) is 17.1 Å². The summed E-state index contributed by atoms with van der Waals surface area (Å²) in [6.45, 7) is 0. The second-order valence-electron chi connectivity index (χ2n) is 3.73. The van der Waals surface area contributed by atoms with Crippen molar-refractivity contribution in [3.05, 3.63) is 46.3 Å². The molecule has 20 heavy (non-hydrogen) atoms. The molecule has 0 unspecified atom stereocenters. The molecule has 0 radical (unpaired) electrons. The molecular formula is C12H10N6O2. The quantitative estimate of drug-likeness (QED) is 0.644. The fraction of sp³-hybridized carbons (Fsp3) is 0.0833. The van der Waals surface area contributed by atoms with Gasteiger partial charge in [-0.05, 0) is 18.2 Å². The lowest BCUT2D eigenvalue weighted by atomic mass is 10.2. The summed E-state index contributed by atoms with van der Waals surface area (Å²) in [6.07, 6.45) is 2.85. The van der Waals surface area contributed by atoms with Crippen molar-refractivity contribution in [3.8, 4) is 6.07 Å². The van der Waals surface area contributed by atoms with Crippen molar-refractivity contribution >= 4 is 23.0 Å². The van der Waals surface area contributed by atoms with Gasteiger partial charge in [-0.2, -0.15) is 5.26 Å². The average molecular weight is 270 g/mol. The van der Waals surface area contributed by atoms with Gasteiger partial charge in [-0.15, -0.1) is 0 Å². The Hall–Kier alpha value is -3.21. The van der Waals surface area contributed by atoms with E-state index in [1.54, 1.807) is 25.2 Å². The maximum Gasteiger partial charge on any atom is 0.329 e. The first-order valence-electron chi connectivity index (χ1n) is 5.60. The topological polar surface area (TPSA) is 117 Å². The first-order chi connectivity index (χ1) is 9.65. The van der Waals surface area contributed by atoms with Crippen molar-refractivity contribution in [2.24, 2.45) is 0 Å². The van der Waals surface area contributed by atoms with E-state index >= 15 is 0 Å². The van der Waals surface area contributed by atoms with Crippen LogP contribution in [0, 0.1) is 21.4 Å². The van der Waals surface area contributed by atoms with E-state index in [1.807, 2.05) is 0 Å². The predicted octanol–water partition coefficient (Wildman–Crippen LogP) is 2.04. The summed E-state index contributed by atoms with van der Waals surface area (Å²) in [5.41, 5.74) is 0.134. The van der Waals surface area contributed by atoms with Crippen molar-refractivity contribution in [2.45, 2.75) is 0 Å². The Morgan fingerprint density at radius 2 is 2.15 bits per heavy atom. The number of nitrogens with zero attached hydrogens (tertiary/aromatic N) is 4. The lowest BCUT2D eigenvalue weighted by molar-refractivity contribution is -0.384. The van der Waals surface area contributed by atoms with Crippen LogP contribution in [0.5, 0.6) is 0 Å². The van der Waals surface area contributed by atoms with Gasteiger partial charge < -0.3 is 10.6 Å². The minimum absolute atomic E-state index is 0.00746. The minimum Gasteiger partial charge on any atom is -0.373 e. The fourth-order valence-corrected chi connectivity index (χ4v) is 1.57. The van der Waals surface area contributed by atoms with Gasteiger partial charge in [0, 0.05) is 13.2 Å². The van der Waals surface area contributed by atoms with Crippen LogP contribution in [0.4, 0.5) is 23.0 Å². The van der Waals surface area contributed by atoms with Gasteiger partial charge in [-0.1, -0.05) is 0 Å². The molecule has 2 aromatic heterocycles. The smallest absolute Gasteiger partial charge is 0.329 e. The maximum absolute atomic E-state index is 11.0. The number of hydrogen-bond acceptors (Lipinski definition) is 7. The van der Waals surface area contributed by atoms with E-state index in [1.165, 1.54) is 18.5 Å². The van der Waals surface area contributed by atoms with Gasteiger partial charge in [0.2, 0.25) is 5.82 Å². The number of rotatable bonds is 4. The van der Waals surface area contributed by atoms with Crippen molar-refractivity contribution in [1.29, 1.82) is 5.26 Å². The minimum atomic E-state index is -0.636. The third kappa shape index (κ3) is 2.62. The molecule has 0 aromatic carbocycles. The fourth-order valence-electron chi connectivity index (χ4n) is 1.57. The van der Waals surface area contributed by atoms with Crippen LogP contribution in [0.1, 0.15) is 5.56 Å². The average Bonchev–Trinajstić information content (AvgIpc) is 2.47. The van der Waals surface area contributed by atoms with Gasteiger partial charge in [-0.25, -0.2) is 9.97 Å². The van der Waals surface area contributed by atoms with Gasteiger partial charge in [0.15, 0.2) is 0 Å². The number of nitro groups is 1. The summed E-state index contributed by atoms with van der Waals surface area (Å²) in [6, 6.07) is 6.48. The third-order valence-electron chi connectivity index (χ3n) is 2.51. The molecule has 0 aliphatic heterocycles. The van der Waals surface area contributed by atoms with Gasteiger partial charge in [0.1, 0.15) is 17.5 Å². The van der Waals surface area contributed by atoms with Crippen molar-refractivity contribution in [1.82, 2.24) is 9.97 Å². The zero-order valence-corrected chi connectivity index (χ0v) is 10.5. The molecule has 2 heterocycles. The zero-order valence-electron chi connectivity index (χ0n) is 10.5. The van der Waals surface area contributed by atoms with Crippen LogP contribution in [-0.4, -0.2) is 21.9 Å². The van der Waals surface area contributed by atoms with Gasteiger partial charge >= 0.3 is 5.69 Å². The van der Waals surface area contributed by atoms with E-state index < -0.39 is 4.92 Å². The molecule has 2 rings (SSSR count). The van der Waals surface area contributed by atoms with Crippen molar-refractivity contribution < 1.29 is 4.92 Å². The molecule has 100 valence electrons. The molecular weight excluding hydrogens is 260 g/mol. The second kappa shape index (κ2) is 5.62. The standard InChI is InChI=1S/C12H10N6O2/c1-14-10-3-2-9(7-16-10)17-12-11(18(19)20)8(6-13)4-5-15-12/h2-5,7H,1H3,(H,14,16)(H,15,17). The summed E-state index contributed by atoms with van der Waals surface area (Å²) < 4.78 is 0. The van der Waals surface area contributed by atoms with Crippen LogP contribution < -0.4 is 10.6 Å². The Bertz CT molecular complexity index is 677. The molecule has 0 aliphatic rings. The molecule has 0 spiro atoms. The summed E-state index contributed by atoms with van der Waals surface area (Å²) in [7, 11) is 1.73. The van der Waals surface area contributed by atoms with Crippen molar-refractivity contribution in [2.75, 3.05) is 17.7 Å². The summed E-state index contributed by atoms with van der Waals surface area (Å²) in [5.74, 6) is 0.678. The van der Waals surface area contributed by atoms with Gasteiger partial charge in [0.25, 0.3) is 0 Å². The highest BCUT2D eigenvalue weighted by molar-refractivity contribution is 5.70.